The van der Waals surface area contributed by atoms with Crippen molar-refractivity contribution >= 4 is 23.1 Å². The van der Waals surface area contributed by atoms with Crippen LogP contribution in [-0.2, 0) is 9.53 Å². The van der Waals surface area contributed by atoms with Crippen LogP contribution in [0.25, 0.3) is 10.9 Å². The molecule has 2 rings (SSSR count). The Morgan fingerprint density at radius 3 is 2.75 bits per heavy atom. The highest BCUT2D eigenvalue weighted by Crippen LogP contribution is 2.35. The molecule has 0 aliphatic heterocycles. The predicted molar refractivity (Wildman–Crippen MR) is 67.0 cm³/mol. The lowest BCUT2D eigenvalue weighted by atomic mass is 9.99. The molecule has 1 atom stereocenters. The summed E-state index contributed by atoms with van der Waals surface area (Å²) in [6.07, 6.45) is -3.40. The van der Waals surface area contributed by atoms with Gasteiger partial charge in [0.2, 0.25) is 0 Å². The van der Waals surface area contributed by atoms with E-state index in [1.165, 1.54) is 6.07 Å². The zero-order chi connectivity index (χ0) is 14.8. The second kappa shape index (κ2) is 5.36. The van der Waals surface area contributed by atoms with E-state index in [1.54, 1.807) is 18.2 Å². The summed E-state index contributed by atoms with van der Waals surface area (Å²) in [5.41, 5.74) is 6.51. The van der Waals surface area contributed by atoms with E-state index >= 15 is 0 Å². The van der Waals surface area contributed by atoms with Gasteiger partial charge in [-0.25, -0.2) is 0 Å². The molecule has 1 unspecified atom stereocenters. The third kappa shape index (κ3) is 2.98. The summed E-state index contributed by atoms with van der Waals surface area (Å²) in [5, 5.41) is 0.539. The van der Waals surface area contributed by atoms with Gasteiger partial charge in [0, 0.05) is 17.3 Å². The summed E-state index contributed by atoms with van der Waals surface area (Å²) in [4.78, 5) is 14.1. The number of nitrogen functional groups attached to an aromatic ring is 1. The van der Waals surface area contributed by atoms with Crippen molar-refractivity contribution in [2.24, 2.45) is 0 Å². The van der Waals surface area contributed by atoms with E-state index in [9.17, 15) is 18.0 Å². The zero-order valence-electron chi connectivity index (χ0n) is 10.2. The number of halogens is 3. The fraction of sp³-hybridized carbons (Fsp3) is 0.231. The average molecular weight is 284 g/mol. The first-order valence-corrected chi connectivity index (χ1v) is 5.69. The van der Waals surface area contributed by atoms with Gasteiger partial charge >= 0.3 is 6.18 Å². The number of pyridine rings is 1. The van der Waals surface area contributed by atoms with E-state index in [-0.39, 0.29) is 12.0 Å². The average Bonchev–Trinajstić information content (AvgIpc) is 2.37. The maximum Gasteiger partial charge on any atom is 0.399 e. The van der Waals surface area contributed by atoms with Gasteiger partial charge in [-0.15, -0.1) is 0 Å². The topological polar surface area (TPSA) is 65.2 Å². The molecule has 1 heterocycles. The van der Waals surface area contributed by atoms with Gasteiger partial charge in [-0.2, -0.15) is 13.2 Å². The lowest BCUT2D eigenvalue weighted by Crippen LogP contribution is -2.25. The number of carbonyl (C=O) groups is 1. The summed E-state index contributed by atoms with van der Waals surface area (Å²) in [6.45, 7) is -0.775. The number of nitrogens with two attached hydrogens (primary N) is 1. The van der Waals surface area contributed by atoms with Crippen LogP contribution in [0.15, 0.2) is 30.5 Å². The monoisotopic (exact) mass is 284 g/mol. The van der Waals surface area contributed by atoms with Crippen molar-refractivity contribution < 1.29 is 22.7 Å². The number of hydrogen-bond donors (Lipinski definition) is 1. The second-order valence-corrected chi connectivity index (χ2v) is 4.24. The van der Waals surface area contributed by atoms with Crippen LogP contribution in [-0.4, -0.2) is 24.2 Å². The van der Waals surface area contributed by atoms with Gasteiger partial charge in [0.25, 0.3) is 6.47 Å². The van der Waals surface area contributed by atoms with Crippen molar-refractivity contribution in [3.63, 3.8) is 0 Å². The minimum absolute atomic E-state index is 0.00604. The molecular weight excluding hydrogens is 273 g/mol. The van der Waals surface area contributed by atoms with Gasteiger partial charge in [0.1, 0.15) is 12.5 Å². The Labute approximate surface area is 112 Å². The van der Waals surface area contributed by atoms with Crippen molar-refractivity contribution in [3.8, 4) is 0 Å². The van der Waals surface area contributed by atoms with Crippen molar-refractivity contribution in [1.82, 2.24) is 4.98 Å². The molecule has 106 valence electrons. The fourth-order valence-electron chi connectivity index (χ4n) is 1.86. The number of anilines is 1. The first kappa shape index (κ1) is 14.1. The molecule has 0 saturated carbocycles. The van der Waals surface area contributed by atoms with Crippen molar-refractivity contribution in [2.75, 3.05) is 12.3 Å². The molecule has 0 radical (unpaired) electrons. The number of aromatic nitrogens is 1. The largest absolute Gasteiger partial charge is 0.467 e. The maximum atomic E-state index is 12.9. The van der Waals surface area contributed by atoms with Crippen LogP contribution in [0.3, 0.4) is 0 Å². The van der Waals surface area contributed by atoms with Gasteiger partial charge in [-0.3, -0.25) is 9.78 Å². The Morgan fingerprint density at radius 1 is 1.35 bits per heavy atom. The van der Waals surface area contributed by atoms with Crippen molar-refractivity contribution in [3.05, 3.63) is 36.0 Å². The number of benzene rings is 1. The lowest BCUT2D eigenvalue weighted by Gasteiger charge is -2.19. The summed E-state index contributed by atoms with van der Waals surface area (Å²) >= 11 is 0. The van der Waals surface area contributed by atoms with Crippen molar-refractivity contribution in [2.45, 2.75) is 12.1 Å². The number of nitrogens with zero attached hydrogens (tertiary/aromatic N) is 1. The number of hydrogen-bond acceptors (Lipinski definition) is 4. The van der Waals surface area contributed by atoms with E-state index in [0.717, 1.165) is 6.20 Å². The number of alkyl halides is 3. The van der Waals surface area contributed by atoms with Crippen LogP contribution in [0, 0.1) is 0 Å². The smallest absolute Gasteiger partial charge is 0.399 e. The van der Waals surface area contributed by atoms with Crippen LogP contribution in [0.5, 0.6) is 0 Å². The first-order chi connectivity index (χ1) is 9.41. The van der Waals surface area contributed by atoms with E-state index < -0.39 is 18.7 Å². The minimum atomic E-state index is -4.52. The molecule has 0 fully saturated rings. The Kier molecular flexibility index (Phi) is 3.78. The summed E-state index contributed by atoms with van der Waals surface area (Å²) in [7, 11) is 0. The molecule has 1 aromatic heterocycles. The van der Waals surface area contributed by atoms with E-state index in [4.69, 9.17) is 5.73 Å². The molecule has 0 bridgehead atoms. The molecule has 0 aliphatic carbocycles. The lowest BCUT2D eigenvalue weighted by molar-refractivity contribution is -0.164. The maximum absolute atomic E-state index is 12.9. The van der Waals surface area contributed by atoms with Gasteiger partial charge in [-0.1, -0.05) is 6.07 Å². The van der Waals surface area contributed by atoms with E-state index in [1.807, 2.05) is 0 Å². The SMILES string of the molecule is Nc1ccc2cc(C(COC=O)C(F)(F)F)cnc2c1. The standard InChI is InChI=1S/C13H11F3N2O2/c14-13(15,16)11(6-20-7-19)9-3-8-1-2-10(17)4-12(8)18-5-9/h1-5,7,11H,6,17H2. The summed E-state index contributed by atoms with van der Waals surface area (Å²) in [6, 6.07) is 6.12. The van der Waals surface area contributed by atoms with Crippen LogP contribution in [0.2, 0.25) is 0 Å². The molecular formula is C13H11F3N2O2. The molecule has 2 aromatic rings. The molecule has 20 heavy (non-hydrogen) atoms. The third-order valence-electron chi connectivity index (χ3n) is 2.86. The number of carbonyl (C=O) groups excluding carboxylic acids is 1. The quantitative estimate of drug-likeness (QED) is 0.692. The fourth-order valence-corrected chi connectivity index (χ4v) is 1.86. The summed E-state index contributed by atoms with van der Waals surface area (Å²) in [5.74, 6) is -1.90. The highest BCUT2D eigenvalue weighted by atomic mass is 19.4. The number of ether oxygens (including phenoxy) is 1. The molecule has 0 aliphatic rings. The summed E-state index contributed by atoms with van der Waals surface area (Å²) < 4.78 is 43.1. The van der Waals surface area contributed by atoms with Crippen LogP contribution in [0.4, 0.5) is 18.9 Å². The number of fused-ring (bicyclic) bond motifs is 1. The zero-order valence-corrected chi connectivity index (χ0v) is 10.2. The Hall–Kier alpha value is -2.31. The Balaban J connectivity index is 2.42. The van der Waals surface area contributed by atoms with E-state index in [0.29, 0.717) is 16.6 Å². The highest BCUT2D eigenvalue weighted by molar-refractivity contribution is 5.82. The molecule has 0 saturated heterocycles. The number of rotatable bonds is 4. The van der Waals surface area contributed by atoms with Gasteiger partial charge in [-0.05, 0) is 23.8 Å². The third-order valence-corrected chi connectivity index (χ3v) is 2.86. The van der Waals surface area contributed by atoms with Gasteiger partial charge < -0.3 is 10.5 Å². The Morgan fingerprint density at radius 2 is 2.10 bits per heavy atom. The molecule has 2 N–H and O–H groups in total. The minimum Gasteiger partial charge on any atom is -0.467 e. The highest BCUT2D eigenvalue weighted by Gasteiger charge is 2.41. The molecule has 1 aromatic carbocycles. The van der Waals surface area contributed by atoms with Crippen molar-refractivity contribution in [1.29, 1.82) is 0 Å². The first-order valence-electron chi connectivity index (χ1n) is 5.69. The second-order valence-electron chi connectivity index (χ2n) is 4.24. The van der Waals surface area contributed by atoms with Crippen LogP contribution >= 0.6 is 0 Å². The van der Waals surface area contributed by atoms with E-state index in [2.05, 4.69) is 9.72 Å². The molecule has 0 amide bonds. The predicted octanol–water partition coefficient (Wildman–Crippen LogP) is 2.64. The van der Waals surface area contributed by atoms with Crippen LogP contribution in [0.1, 0.15) is 11.5 Å². The molecule has 7 heteroatoms. The molecule has 0 spiro atoms. The Bertz CT molecular complexity index is 629. The normalized spacial score (nSPS) is 13.2. The van der Waals surface area contributed by atoms with Gasteiger partial charge in [0.05, 0.1) is 5.52 Å². The molecule has 4 nitrogen and oxygen atoms in total. The van der Waals surface area contributed by atoms with Crippen LogP contribution < -0.4 is 5.73 Å². The van der Waals surface area contributed by atoms with Gasteiger partial charge in [0.15, 0.2) is 0 Å².